The Bertz CT molecular complexity index is 619. The van der Waals surface area contributed by atoms with Crippen molar-refractivity contribution < 1.29 is 9.59 Å². The lowest BCUT2D eigenvalue weighted by Gasteiger charge is -2.21. The number of aromatic amines is 1. The Kier molecular flexibility index (Phi) is 2.87. The number of fused-ring (bicyclic) bond motifs is 1. The van der Waals surface area contributed by atoms with Crippen LogP contribution in [-0.2, 0) is 0 Å². The van der Waals surface area contributed by atoms with Crippen LogP contribution in [0, 0.1) is 0 Å². The third-order valence-corrected chi connectivity index (χ3v) is 3.26. The van der Waals surface area contributed by atoms with Crippen LogP contribution in [0.1, 0.15) is 33.7 Å². The number of nitrogens with zero attached hydrogens (tertiary/aromatic N) is 2. The summed E-state index contributed by atoms with van der Waals surface area (Å²) in [5.41, 5.74) is 1.74. The summed E-state index contributed by atoms with van der Waals surface area (Å²) in [6, 6.07) is 8.88. The van der Waals surface area contributed by atoms with E-state index in [2.05, 4.69) is 10.2 Å². The van der Waals surface area contributed by atoms with Crippen LogP contribution in [0.4, 0.5) is 5.69 Å². The van der Waals surface area contributed by atoms with Gasteiger partial charge < -0.3 is 4.90 Å². The number of benzene rings is 1. The standard InChI is InChI=1S/C14H13N3O2/c18-13-6-3-9-17(12-5-2-1-4-10(12)13)14(19)11-7-8-15-16-11/h1-2,4-5,7-8H,3,6,9H2,(H,15,16). The molecule has 2 heterocycles. The van der Waals surface area contributed by atoms with Crippen molar-refractivity contribution in [3.05, 3.63) is 47.8 Å². The molecule has 0 aliphatic carbocycles. The van der Waals surface area contributed by atoms with Gasteiger partial charge in [0.2, 0.25) is 0 Å². The van der Waals surface area contributed by atoms with Crippen LogP contribution in [0.2, 0.25) is 0 Å². The van der Waals surface area contributed by atoms with Crippen LogP contribution in [-0.4, -0.2) is 28.4 Å². The van der Waals surface area contributed by atoms with Crippen molar-refractivity contribution in [1.29, 1.82) is 0 Å². The van der Waals surface area contributed by atoms with Crippen LogP contribution < -0.4 is 4.90 Å². The molecule has 0 unspecified atom stereocenters. The fraction of sp³-hybridized carbons (Fsp3) is 0.214. The van der Waals surface area contributed by atoms with E-state index < -0.39 is 0 Å². The van der Waals surface area contributed by atoms with Crippen LogP contribution >= 0.6 is 0 Å². The molecule has 5 heteroatoms. The predicted octanol–water partition coefficient (Wildman–Crippen LogP) is 2.03. The zero-order valence-corrected chi connectivity index (χ0v) is 10.3. The Morgan fingerprint density at radius 3 is 2.89 bits per heavy atom. The van der Waals surface area contributed by atoms with E-state index in [1.165, 1.54) is 0 Å². The molecule has 0 spiro atoms. The van der Waals surface area contributed by atoms with Gasteiger partial charge in [-0.2, -0.15) is 5.10 Å². The molecule has 0 radical (unpaired) electrons. The van der Waals surface area contributed by atoms with Crippen LogP contribution in [0.5, 0.6) is 0 Å². The zero-order valence-electron chi connectivity index (χ0n) is 10.3. The van der Waals surface area contributed by atoms with Gasteiger partial charge in [-0.3, -0.25) is 14.7 Å². The summed E-state index contributed by atoms with van der Waals surface area (Å²) < 4.78 is 0. The highest BCUT2D eigenvalue weighted by Gasteiger charge is 2.25. The van der Waals surface area contributed by atoms with Gasteiger partial charge in [0.15, 0.2) is 5.78 Å². The number of aromatic nitrogens is 2. The SMILES string of the molecule is O=C1CCCN(C(=O)c2ccn[nH]2)c2ccccc21. The molecule has 0 fully saturated rings. The lowest BCUT2D eigenvalue weighted by molar-refractivity contribution is 0.0971. The summed E-state index contributed by atoms with van der Waals surface area (Å²) in [5.74, 6) is -0.0600. The number of hydrogen-bond donors (Lipinski definition) is 1. The number of carbonyl (C=O) groups is 2. The highest BCUT2D eigenvalue weighted by Crippen LogP contribution is 2.27. The number of ketones is 1. The average molecular weight is 255 g/mol. The number of hydrogen-bond acceptors (Lipinski definition) is 3. The van der Waals surface area contributed by atoms with E-state index in [9.17, 15) is 9.59 Å². The van der Waals surface area contributed by atoms with E-state index in [1.54, 1.807) is 23.2 Å². The summed E-state index contributed by atoms with van der Waals surface area (Å²) >= 11 is 0. The fourth-order valence-corrected chi connectivity index (χ4v) is 2.33. The molecule has 1 aliphatic rings. The van der Waals surface area contributed by atoms with Crippen molar-refractivity contribution in [2.75, 3.05) is 11.4 Å². The summed E-state index contributed by atoms with van der Waals surface area (Å²) in [6.45, 7) is 0.542. The minimum Gasteiger partial charge on any atom is -0.306 e. The summed E-state index contributed by atoms with van der Waals surface area (Å²) in [6.07, 6.45) is 2.69. The second-order valence-electron chi connectivity index (χ2n) is 4.47. The highest BCUT2D eigenvalue weighted by molar-refractivity contribution is 6.10. The predicted molar refractivity (Wildman–Crippen MR) is 70.3 cm³/mol. The zero-order chi connectivity index (χ0) is 13.2. The molecular formula is C14H13N3O2. The van der Waals surface area contributed by atoms with E-state index in [4.69, 9.17) is 0 Å². The number of para-hydroxylation sites is 1. The second-order valence-corrected chi connectivity index (χ2v) is 4.47. The molecular weight excluding hydrogens is 242 g/mol. The summed E-state index contributed by atoms with van der Waals surface area (Å²) in [4.78, 5) is 26.1. The van der Waals surface area contributed by atoms with E-state index in [1.807, 2.05) is 18.2 Å². The first-order chi connectivity index (χ1) is 9.27. The van der Waals surface area contributed by atoms with Crippen LogP contribution in [0.15, 0.2) is 36.5 Å². The number of anilines is 1. The van der Waals surface area contributed by atoms with Crippen molar-refractivity contribution in [1.82, 2.24) is 10.2 Å². The molecule has 1 N–H and O–H groups in total. The Labute approximate surface area is 110 Å². The smallest absolute Gasteiger partial charge is 0.276 e. The summed E-state index contributed by atoms with van der Waals surface area (Å²) in [5, 5.41) is 6.46. The average Bonchev–Trinajstić information content (AvgIpc) is 2.91. The number of H-pyrrole nitrogens is 1. The molecule has 3 rings (SSSR count). The Balaban J connectivity index is 2.04. The van der Waals surface area contributed by atoms with Crippen molar-refractivity contribution in [3.63, 3.8) is 0 Å². The minimum absolute atomic E-state index is 0.0931. The molecule has 0 atom stereocenters. The number of Topliss-reactive ketones (excluding diaryl/α,β-unsaturated/α-hetero) is 1. The first-order valence-corrected chi connectivity index (χ1v) is 6.21. The van der Waals surface area contributed by atoms with Gasteiger partial charge in [0.05, 0.1) is 5.69 Å². The van der Waals surface area contributed by atoms with Gasteiger partial charge in [-0.15, -0.1) is 0 Å². The Morgan fingerprint density at radius 2 is 2.11 bits per heavy atom. The molecule has 1 aromatic carbocycles. The molecule has 1 aliphatic heterocycles. The van der Waals surface area contributed by atoms with Crippen LogP contribution in [0.3, 0.4) is 0 Å². The van der Waals surface area contributed by atoms with Gasteiger partial charge in [-0.1, -0.05) is 12.1 Å². The van der Waals surface area contributed by atoms with Gasteiger partial charge >= 0.3 is 0 Å². The third-order valence-electron chi connectivity index (χ3n) is 3.26. The van der Waals surface area contributed by atoms with Gasteiger partial charge in [0, 0.05) is 24.7 Å². The molecule has 96 valence electrons. The quantitative estimate of drug-likeness (QED) is 0.847. The van der Waals surface area contributed by atoms with Crippen LogP contribution in [0.25, 0.3) is 0 Å². The second kappa shape index (κ2) is 4.68. The number of amides is 1. The Hall–Kier alpha value is -2.43. The third kappa shape index (κ3) is 2.03. The first-order valence-electron chi connectivity index (χ1n) is 6.21. The van der Waals surface area contributed by atoms with E-state index >= 15 is 0 Å². The van der Waals surface area contributed by atoms with Crippen molar-refractivity contribution in [2.45, 2.75) is 12.8 Å². The van der Waals surface area contributed by atoms with Gasteiger partial charge in [-0.05, 0) is 24.6 Å². The topological polar surface area (TPSA) is 66.1 Å². The maximum atomic E-state index is 12.4. The monoisotopic (exact) mass is 255 g/mol. The molecule has 1 amide bonds. The normalized spacial score (nSPS) is 14.9. The van der Waals surface area contributed by atoms with Crippen molar-refractivity contribution in [2.24, 2.45) is 0 Å². The first kappa shape index (κ1) is 11.6. The van der Waals surface area contributed by atoms with Gasteiger partial charge in [0.1, 0.15) is 5.69 Å². The van der Waals surface area contributed by atoms with E-state index in [0.29, 0.717) is 36.3 Å². The minimum atomic E-state index is -0.153. The van der Waals surface area contributed by atoms with Gasteiger partial charge in [0.25, 0.3) is 5.91 Å². The number of nitrogens with one attached hydrogen (secondary N) is 1. The lowest BCUT2D eigenvalue weighted by Crippen LogP contribution is -2.32. The van der Waals surface area contributed by atoms with Crippen molar-refractivity contribution >= 4 is 17.4 Å². The largest absolute Gasteiger partial charge is 0.306 e. The van der Waals surface area contributed by atoms with Crippen molar-refractivity contribution in [3.8, 4) is 0 Å². The highest BCUT2D eigenvalue weighted by atomic mass is 16.2. The molecule has 2 aromatic rings. The number of carbonyl (C=O) groups excluding carboxylic acids is 2. The molecule has 0 saturated carbocycles. The Morgan fingerprint density at radius 1 is 1.26 bits per heavy atom. The molecule has 5 nitrogen and oxygen atoms in total. The van der Waals surface area contributed by atoms with Gasteiger partial charge in [-0.25, -0.2) is 0 Å². The lowest BCUT2D eigenvalue weighted by atomic mass is 10.1. The molecule has 0 bridgehead atoms. The summed E-state index contributed by atoms with van der Waals surface area (Å²) in [7, 11) is 0. The van der Waals surface area contributed by atoms with E-state index in [-0.39, 0.29) is 11.7 Å². The maximum Gasteiger partial charge on any atom is 0.276 e. The molecule has 19 heavy (non-hydrogen) atoms. The number of rotatable bonds is 1. The van der Waals surface area contributed by atoms with E-state index in [0.717, 1.165) is 0 Å². The fourth-order valence-electron chi connectivity index (χ4n) is 2.33. The molecule has 1 aromatic heterocycles. The maximum absolute atomic E-state index is 12.4. The molecule has 0 saturated heterocycles.